The number of benzene rings is 2. The van der Waals surface area contributed by atoms with E-state index in [-0.39, 0.29) is 5.91 Å². The molecule has 1 N–H and O–H groups in total. The van der Waals surface area contributed by atoms with Crippen molar-refractivity contribution in [1.82, 2.24) is 4.90 Å². The second-order valence-electron chi connectivity index (χ2n) is 8.71. The van der Waals surface area contributed by atoms with E-state index in [1.807, 2.05) is 25.1 Å². The minimum Gasteiger partial charge on any atom is -0.481 e. The van der Waals surface area contributed by atoms with Crippen LogP contribution in [-0.4, -0.2) is 50.1 Å². The van der Waals surface area contributed by atoms with Crippen LogP contribution in [0.2, 0.25) is 0 Å². The Morgan fingerprint density at radius 3 is 2.27 bits per heavy atom. The highest BCUT2D eigenvalue weighted by Crippen LogP contribution is 2.26. The van der Waals surface area contributed by atoms with E-state index in [1.54, 1.807) is 6.92 Å². The van der Waals surface area contributed by atoms with E-state index >= 15 is 0 Å². The minimum atomic E-state index is -0.578. The Morgan fingerprint density at radius 2 is 1.67 bits per heavy atom. The van der Waals surface area contributed by atoms with E-state index in [2.05, 4.69) is 61.1 Å². The predicted octanol–water partition coefficient (Wildman–Crippen LogP) is 4.58. The van der Waals surface area contributed by atoms with E-state index in [4.69, 9.17) is 4.74 Å². The summed E-state index contributed by atoms with van der Waals surface area (Å²) in [4.78, 5) is 17.4. The molecule has 0 bridgehead atoms. The Bertz CT molecular complexity index is 886. The van der Waals surface area contributed by atoms with Gasteiger partial charge in [-0.3, -0.25) is 4.79 Å². The lowest BCUT2D eigenvalue weighted by Gasteiger charge is -2.34. The molecule has 1 atom stereocenters. The van der Waals surface area contributed by atoms with Crippen LogP contribution < -0.4 is 15.0 Å². The van der Waals surface area contributed by atoms with Crippen LogP contribution in [0.1, 0.15) is 43.4 Å². The number of hydrogen-bond acceptors (Lipinski definition) is 4. The van der Waals surface area contributed by atoms with Crippen molar-refractivity contribution >= 4 is 17.3 Å². The monoisotopic (exact) mass is 409 g/mol. The molecule has 0 radical (unpaired) electrons. The third-order valence-electron chi connectivity index (χ3n) is 5.88. The van der Waals surface area contributed by atoms with Gasteiger partial charge in [0.2, 0.25) is 0 Å². The SMILES string of the molecule is Cc1cc(N2CCN(C)CC2)ccc1NC(=O)[C@@H](C)Oc1ccc(C(C)C)c(C)c1. The van der Waals surface area contributed by atoms with Crippen molar-refractivity contribution in [3.8, 4) is 5.75 Å². The van der Waals surface area contributed by atoms with E-state index < -0.39 is 6.10 Å². The van der Waals surface area contributed by atoms with E-state index in [0.717, 1.165) is 43.2 Å². The van der Waals surface area contributed by atoms with Gasteiger partial charge in [-0.2, -0.15) is 0 Å². The lowest BCUT2D eigenvalue weighted by Crippen LogP contribution is -2.44. The summed E-state index contributed by atoms with van der Waals surface area (Å²) in [5, 5.41) is 3.02. The maximum Gasteiger partial charge on any atom is 0.265 e. The smallest absolute Gasteiger partial charge is 0.265 e. The van der Waals surface area contributed by atoms with Crippen LogP contribution in [0.25, 0.3) is 0 Å². The molecule has 0 unspecified atom stereocenters. The van der Waals surface area contributed by atoms with Crippen LogP contribution >= 0.6 is 0 Å². The third-order valence-corrected chi connectivity index (χ3v) is 5.88. The van der Waals surface area contributed by atoms with Crippen LogP contribution in [0.3, 0.4) is 0 Å². The van der Waals surface area contributed by atoms with Crippen molar-refractivity contribution in [3.63, 3.8) is 0 Å². The molecule has 0 saturated carbocycles. The Morgan fingerprint density at radius 1 is 0.967 bits per heavy atom. The number of ether oxygens (including phenoxy) is 1. The number of carbonyl (C=O) groups excluding carboxylic acids is 1. The van der Waals surface area contributed by atoms with Crippen LogP contribution in [0.15, 0.2) is 36.4 Å². The van der Waals surface area contributed by atoms with Crippen molar-refractivity contribution in [1.29, 1.82) is 0 Å². The topological polar surface area (TPSA) is 44.8 Å². The fourth-order valence-corrected chi connectivity index (χ4v) is 3.91. The number of hydrogen-bond donors (Lipinski definition) is 1. The molecule has 1 saturated heterocycles. The van der Waals surface area contributed by atoms with Crippen molar-refractivity contribution in [3.05, 3.63) is 53.1 Å². The quantitative estimate of drug-likeness (QED) is 0.758. The molecule has 0 aliphatic carbocycles. The summed E-state index contributed by atoms with van der Waals surface area (Å²) in [5.41, 5.74) is 5.59. The highest BCUT2D eigenvalue weighted by Gasteiger charge is 2.18. The molecule has 1 aliphatic heterocycles. The Kier molecular flexibility index (Phi) is 7.03. The number of nitrogens with zero attached hydrogens (tertiary/aromatic N) is 2. The Balaban J connectivity index is 1.61. The fourth-order valence-electron chi connectivity index (χ4n) is 3.91. The molecular formula is C25H35N3O2. The molecule has 5 nitrogen and oxygen atoms in total. The molecule has 1 heterocycles. The van der Waals surface area contributed by atoms with Crippen molar-refractivity contribution < 1.29 is 9.53 Å². The van der Waals surface area contributed by atoms with Crippen LogP contribution in [0.5, 0.6) is 5.75 Å². The zero-order valence-electron chi connectivity index (χ0n) is 19.2. The first-order valence-corrected chi connectivity index (χ1v) is 10.9. The molecule has 0 aromatic heterocycles. The van der Waals surface area contributed by atoms with Gasteiger partial charge in [-0.1, -0.05) is 19.9 Å². The first-order valence-electron chi connectivity index (χ1n) is 10.9. The van der Waals surface area contributed by atoms with Gasteiger partial charge in [0, 0.05) is 37.6 Å². The second-order valence-corrected chi connectivity index (χ2v) is 8.71. The van der Waals surface area contributed by atoms with Gasteiger partial charge in [-0.15, -0.1) is 0 Å². The summed E-state index contributed by atoms with van der Waals surface area (Å²) in [7, 11) is 2.16. The molecular weight excluding hydrogens is 374 g/mol. The zero-order valence-corrected chi connectivity index (χ0v) is 19.2. The Labute approximate surface area is 181 Å². The average molecular weight is 410 g/mol. The maximum absolute atomic E-state index is 12.7. The third kappa shape index (κ3) is 5.33. The molecule has 30 heavy (non-hydrogen) atoms. The first-order chi connectivity index (χ1) is 14.2. The van der Waals surface area contributed by atoms with E-state index in [9.17, 15) is 4.79 Å². The van der Waals surface area contributed by atoms with Crippen LogP contribution in [-0.2, 0) is 4.79 Å². The highest BCUT2D eigenvalue weighted by molar-refractivity contribution is 5.95. The molecule has 2 aromatic rings. The Hall–Kier alpha value is -2.53. The maximum atomic E-state index is 12.7. The predicted molar refractivity (Wildman–Crippen MR) is 125 cm³/mol. The van der Waals surface area contributed by atoms with Gasteiger partial charge in [-0.25, -0.2) is 0 Å². The summed E-state index contributed by atoms with van der Waals surface area (Å²) in [6.07, 6.45) is -0.578. The number of rotatable bonds is 6. The molecule has 5 heteroatoms. The molecule has 3 rings (SSSR count). The summed E-state index contributed by atoms with van der Waals surface area (Å²) in [6.45, 7) is 14.5. The van der Waals surface area contributed by atoms with Gasteiger partial charge in [0.1, 0.15) is 5.75 Å². The van der Waals surface area contributed by atoms with Gasteiger partial charge >= 0.3 is 0 Å². The number of aryl methyl sites for hydroxylation is 2. The first kappa shape index (κ1) is 22.2. The fraction of sp³-hybridized carbons (Fsp3) is 0.480. The van der Waals surface area contributed by atoms with Gasteiger partial charge in [0.05, 0.1) is 0 Å². The van der Waals surface area contributed by atoms with Gasteiger partial charge in [0.25, 0.3) is 5.91 Å². The second kappa shape index (κ2) is 9.52. The highest BCUT2D eigenvalue weighted by atomic mass is 16.5. The molecule has 0 spiro atoms. The van der Waals surface area contributed by atoms with Crippen molar-refractivity contribution in [2.24, 2.45) is 0 Å². The largest absolute Gasteiger partial charge is 0.481 e. The molecule has 1 amide bonds. The minimum absolute atomic E-state index is 0.143. The number of carbonyl (C=O) groups is 1. The number of amides is 1. The molecule has 2 aromatic carbocycles. The number of anilines is 2. The van der Waals surface area contributed by atoms with Gasteiger partial charge < -0.3 is 19.9 Å². The van der Waals surface area contributed by atoms with Gasteiger partial charge in [0.15, 0.2) is 6.10 Å². The number of piperazine rings is 1. The van der Waals surface area contributed by atoms with Gasteiger partial charge in [-0.05, 0) is 80.8 Å². The van der Waals surface area contributed by atoms with E-state index in [1.165, 1.54) is 16.8 Å². The summed E-state index contributed by atoms with van der Waals surface area (Å²) >= 11 is 0. The molecule has 162 valence electrons. The van der Waals surface area contributed by atoms with Crippen LogP contribution in [0, 0.1) is 13.8 Å². The number of likely N-dealkylation sites (N-methyl/N-ethyl adjacent to an activating group) is 1. The lowest BCUT2D eigenvalue weighted by molar-refractivity contribution is -0.122. The average Bonchev–Trinajstić information content (AvgIpc) is 2.69. The van der Waals surface area contributed by atoms with E-state index in [0.29, 0.717) is 5.92 Å². The molecule has 1 aliphatic rings. The summed E-state index contributed by atoms with van der Waals surface area (Å²) < 4.78 is 5.91. The van der Waals surface area contributed by atoms with Crippen LogP contribution in [0.4, 0.5) is 11.4 Å². The number of nitrogens with one attached hydrogen (secondary N) is 1. The zero-order chi connectivity index (χ0) is 21.8. The summed E-state index contributed by atoms with van der Waals surface area (Å²) in [5.74, 6) is 1.05. The van der Waals surface area contributed by atoms with Crippen molar-refractivity contribution in [2.45, 2.75) is 46.6 Å². The summed E-state index contributed by atoms with van der Waals surface area (Å²) in [6, 6.07) is 12.3. The molecule has 1 fully saturated rings. The standard InChI is InChI=1S/C25H35N3O2/c1-17(2)23-9-8-22(16-18(23)3)30-20(5)25(29)26-24-10-7-21(15-19(24)4)28-13-11-27(6)12-14-28/h7-10,15-17,20H,11-14H2,1-6H3,(H,26,29)/t20-/m1/s1. The lowest BCUT2D eigenvalue weighted by atomic mass is 9.98. The normalized spacial score (nSPS) is 15.9. The van der Waals surface area contributed by atoms with Crippen molar-refractivity contribution in [2.75, 3.05) is 43.4 Å².